The monoisotopic (exact) mass is 213 g/mol. The van der Waals surface area contributed by atoms with Crippen LogP contribution >= 0.6 is 0 Å². The van der Waals surface area contributed by atoms with Crippen LogP contribution in [0.25, 0.3) is 0 Å². The Hall–Kier alpha value is -1.00. The van der Waals surface area contributed by atoms with E-state index in [4.69, 9.17) is 10.8 Å². The first-order valence-electron chi connectivity index (χ1n) is 4.90. The predicted octanol–water partition coefficient (Wildman–Crippen LogP) is 1.74. The molecule has 4 heteroatoms. The number of hydrogen-bond donors (Lipinski definition) is 2. The molecule has 1 fully saturated rings. The molecule has 15 heavy (non-hydrogen) atoms. The second-order valence-electron chi connectivity index (χ2n) is 4.17. The fourth-order valence-corrected chi connectivity index (χ4v) is 1.79. The SMILES string of the molecule is NC(c1ccc(F)c(F)c1)C1(CO)CC1. The molecule has 1 aliphatic carbocycles. The van der Waals surface area contributed by atoms with Gasteiger partial charge in [-0.05, 0) is 30.5 Å². The molecular formula is C11H13F2NO. The molecule has 1 aliphatic rings. The van der Waals surface area contributed by atoms with Crippen LogP contribution in [-0.2, 0) is 0 Å². The van der Waals surface area contributed by atoms with Crippen LogP contribution in [0.2, 0.25) is 0 Å². The number of aliphatic hydroxyl groups is 1. The fourth-order valence-electron chi connectivity index (χ4n) is 1.79. The number of nitrogens with two attached hydrogens (primary N) is 1. The number of hydrogen-bond acceptors (Lipinski definition) is 2. The third-order valence-electron chi connectivity index (χ3n) is 3.17. The molecule has 3 N–H and O–H groups in total. The molecule has 0 aliphatic heterocycles. The largest absolute Gasteiger partial charge is 0.396 e. The highest BCUT2D eigenvalue weighted by molar-refractivity contribution is 5.25. The molecule has 0 amide bonds. The lowest BCUT2D eigenvalue weighted by molar-refractivity contribution is 0.187. The van der Waals surface area contributed by atoms with Crippen molar-refractivity contribution >= 4 is 0 Å². The molecule has 0 radical (unpaired) electrons. The Kier molecular flexibility index (Phi) is 2.48. The number of benzene rings is 1. The third-order valence-corrected chi connectivity index (χ3v) is 3.17. The van der Waals surface area contributed by atoms with E-state index in [1.165, 1.54) is 6.07 Å². The molecule has 2 rings (SSSR count). The lowest BCUT2D eigenvalue weighted by Crippen LogP contribution is -2.25. The van der Waals surface area contributed by atoms with E-state index in [0.29, 0.717) is 5.56 Å². The highest BCUT2D eigenvalue weighted by atomic mass is 19.2. The zero-order chi connectivity index (χ0) is 11.1. The van der Waals surface area contributed by atoms with E-state index in [0.717, 1.165) is 25.0 Å². The lowest BCUT2D eigenvalue weighted by atomic mass is 9.91. The second kappa shape index (κ2) is 3.54. The summed E-state index contributed by atoms with van der Waals surface area (Å²) in [5.74, 6) is -1.77. The van der Waals surface area contributed by atoms with Crippen molar-refractivity contribution in [3.8, 4) is 0 Å². The second-order valence-corrected chi connectivity index (χ2v) is 4.17. The molecule has 1 saturated carbocycles. The Morgan fingerprint density at radius 3 is 2.47 bits per heavy atom. The van der Waals surface area contributed by atoms with E-state index in [1.54, 1.807) is 0 Å². The minimum absolute atomic E-state index is 0.00678. The Bertz CT molecular complexity index is 377. The summed E-state index contributed by atoms with van der Waals surface area (Å²) in [6.07, 6.45) is 1.67. The van der Waals surface area contributed by atoms with Crippen molar-refractivity contribution in [2.45, 2.75) is 18.9 Å². The minimum Gasteiger partial charge on any atom is -0.396 e. The zero-order valence-electron chi connectivity index (χ0n) is 8.21. The maximum Gasteiger partial charge on any atom is 0.159 e. The topological polar surface area (TPSA) is 46.2 Å². The summed E-state index contributed by atoms with van der Waals surface area (Å²) in [4.78, 5) is 0. The summed E-state index contributed by atoms with van der Waals surface area (Å²) >= 11 is 0. The first-order valence-corrected chi connectivity index (χ1v) is 4.90. The van der Waals surface area contributed by atoms with Crippen LogP contribution in [0, 0.1) is 17.0 Å². The van der Waals surface area contributed by atoms with E-state index < -0.39 is 17.7 Å². The Balaban J connectivity index is 2.26. The van der Waals surface area contributed by atoms with Crippen molar-refractivity contribution in [1.82, 2.24) is 0 Å². The molecule has 0 spiro atoms. The van der Waals surface area contributed by atoms with Crippen molar-refractivity contribution in [2.75, 3.05) is 6.61 Å². The maximum absolute atomic E-state index is 13.0. The Morgan fingerprint density at radius 2 is 2.00 bits per heavy atom. The van der Waals surface area contributed by atoms with Crippen LogP contribution in [0.3, 0.4) is 0 Å². The molecule has 82 valence electrons. The average molecular weight is 213 g/mol. The van der Waals surface area contributed by atoms with Gasteiger partial charge in [-0.1, -0.05) is 6.07 Å². The summed E-state index contributed by atoms with van der Waals surface area (Å²) in [5, 5.41) is 9.16. The number of rotatable bonds is 3. The van der Waals surface area contributed by atoms with E-state index in [-0.39, 0.29) is 12.0 Å². The molecular weight excluding hydrogens is 200 g/mol. The molecule has 1 atom stereocenters. The van der Waals surface area contributed by atoms with E-state index in [1.807, 2.05) is 0 Å². The molecule has 0 saturated heterocycles. The fraction of sp³-hybridized carbons (Fsp3) is 0.455. The Labute approximate surface area is 86.7 Å². The van der Waals surface area contributed by atoms with Gasteiger partial charge in [0.15, 0.2) is 11.6 Å². The smallest absolute Gasteiger partial charge is 0.159 e. The molecule has 1 unspecified atom stereocenters. The standard InChI is InChI=1S/C11H13F2NO/c12-8-2-1-7(5-9(8)13)10(14)11(6-15)3-4-11/h1-2,5,10,15H,3-4,6,14H2. The summed E-state index contributed by atoms with van der Waals surface area (Å²) in [5.41, 5.74) is 6.14. The van der Waals surface area contributed by atoms with Gasteiger partial charge in [0.25, 0.3) is 0 Å². The summed E-state index contributed by atoms with van der Waals surface area (Å²) in [6.45, 7) is -0.00678. The van der Waals surface area contributed by atoms with Crippen molar-refractivity contribution in [3.05, 3.63) is 35.4 Å². The van der Waals surface area contributed by atoms with Gasteiger partial charge in [-0.3, -0.25) is 0 Å². The van der Waals surface area contributed by atoms with Gasteiger partial charge in [-0.25, -0.2) is 8.78 Å². The number of aliphatic hydroxyl groups excluding tert-OH is 1. The minimum atomic E-state index is -0.892. The predicted molar refractivity (Wildman–Crippen MR) is 52.0 cm³/mol. The highest BCUT2D eigenvalue weighted by Gasteiger charge is 2.47. The van der Waals surface area contributed by atoms with Crippen molar-refractivity contribution in [3.63, 3.8) is 0 Å². The van der Waals surface area contributed by atoms with Gasteiger partial charge in [0, 0.05) is 11.5 Å². The molecule has 1 aromatic carbocycles. The van der Waals surface area contributed by atoms with Crippen LogP contribution in [0.5, 0.6) is 0 Å². The summed E-state index contributed by atoms with van der Waals surface area (Å²) < 4.78 is 25.7. The quantitative estimate of drug-likeness (QED) is 0.803. The summed E-state index contributed by atoms with van der Waals surface area (Å²) in [7, 11) is 0. The molecule has 1 aromatic rings. The van der Waals surface area contributed by atoms with Gasteiger partial charge in [-0.2, -0.15) is 0 Å². The average Bonchev–Trinajstić information content (AvgIpc) is 3.02. The van der Waals surface area contributed by atoms with Crippen LogP contribution in [0.15, 0.2) is 18.2 Å². The van der Waals surface area contributed by atoms with Gasteiger partial charge in [0.05, 0.1) is 6.61 Å². The van der Waals surface area contributed by atoms with Gasteiger partial charge in [0.1, 0.15) is 0 Å². The van der Waals surface area contributed by atoms with Crippen molar-refractivity contribution < 1.29 is 13.9 Å². The van der Waals surface area contributed by atoms with Crippen LogP contribution in [-0.4, -0.2) is 11.7 Å². The van der Waals surface area contributed by atoms with Crippen LogP contribution < -0.4 is 5.73 Å². The lowest BCUT2D eigenvalue weighted by Gasteiger charge is -2.21. The maximum atomic E-state index is 13.0. The zero-order valence-corrected chi connectivity index (χ0v) is 8.21. The van der Waals surface area contributed by atoms with E-state index >= 15 is 0 Å². The van der Waals surface area contributed by atoms with E-state index in [9.17, 15) is 8.78 Å². The third kappa shape index (κ3) is 1.75. The van der Waals surface area contributed by atoms with E-state index in [2.05, 4.69) is 0 Å². The van der Waals surface area contributed by atoms with Gasteiger partial charge in [0.2, 0.25) is 0 Å². The van der Waals surface area contributed by atoms with Crippen molar-refractivity contribution in [1.29, 1.82) is 0 Å². The molecule has 0 heterocycles. The molecule has 0 bridgehead atoms. The Morgan fingerprint density at radius 1 is 1.33 bits per heavy atom. The van der Waals surface area contributed by atoms with Gasteiger partial charge >= 0.3 is 0 Å². The molecule has 2 nitrogen and oxygen atoms in total. The number of halogens is 2. The van der Waals surface area contributed by atoms with Crippen molar-refractivity contribution in [2.24, 2.45) is 11.1 Å². The first kappa shape index (κ1) is 10.5. The normalized spacial score (nSPS) is 20.0. The van der Waals surface area contributed by atoms with Crippen LogP contribution in [0.4, 0.5) is 8.78 Å². The summed E-state index contributed by atoms with van der Waals surface area (Å²) in [6, 6.07) is 3.23. The van der Waals surface area contributed by atoms with Gasteiger partial charge < -0.3 is 10.8 Å². The highest BCUT2D eigenvalue weighted by Crippen LogP contribution is 2.53. The van der Waals surface area contributed by atoms with Gasteiger partial charge in [-0.15, -0.1) is 0 Å². The van der Waals surface area contributed by atoms with Crippen LogP contribution in [0.1, 0.15) is 24.4 Å². The first-order chi connectivity index (χ1) is 7.09. The molecule has 0 aromatic heterocycles.